The van der Waals surface area contributed by atoms with Crippen molar-refractivity contribution in [1.29, 1.82) is 0 Å². The van der Waals surface area contributed by atoms with Gasteiger partial charge in [0.1, 0.15) is 0 Å². The van der Waals surface area contributed by atoms with E-state index in [1.165, 1.54) is 13.5 Å². The minimum absolute atomic E-state index is 0.0196. The molecule has 1 N–H and O–H groups in total. The Labute approximate surface area is 150 Å². The van der Waals surface area contributed by atoms with Gasteiger partial charge in [0.15, 0.2) is 0 Å². The van der Waals surface area contributed by atoms with Crippen molar-refractivity contribution in [2.45, 2.75) is 71.6 Å². The third kappa shape index (κ3) is 2.18. The van der Waals surface area contributed by atoms with E-state index >= 15 is 0 Å². The number of carboxylic acid groups (broad SMARTS) is 1. The normalized spacial score (nSPS) is 51.3. The molecule has 4 aliphatic carbocycles. The van der Waals surface area contributed by atoms with E-state index in [2.05, 4.69) is 6.92 Å². The molecule has 0 heterocycles. The molecule has 0 aromatic carbocycles. The molecule has 0 radical (unpaired) electrons. The van der Waals surface area contributed by atoms with Crippen molar-refractivity contribution < 1.29 is 19.4 Å². The average Bonchev–Trinajstić information content (AvgIpc) is 2.84. The van der Waals surface area contributed by atoms with Gasteiger partial charge in [0, 0.05) is 0 Å². The van der Waals surface area contributed by atoms with Gasteiger partial charge in [-0.25, -0.2) is 0 Å². The summed E-state index contributed by atoms with van der Waals surface area (Å²) < 4.78 is 5.10. The lowest BCUT2D eigenvalue weighted by atomic mass is 9.41. The second-order valence-electron chi connectivity index (χ2n) is 9.96. The van der Waals surface area contributed by atoms with E-state index in [9.17, 15) is 14.7 Å². The van der Waals surface area contributed by atoms with Gasteiger partial charge < -0.3 is 9.84 Å². The zero-order valence-corrected chi connectivity index (χ0v) is 15.8. The molecule has 4 nitrogen and oxygen atoms in total. The van der Waals surface area contributed by atoms with Crippen LogP contribution >= 0.6 is 0 Å². The summed E-state index contributed by atoms with van der Waals surface area (Å²) in [5, 5.41) is 9.96. The Bertz CT molecular complexity index is 601. The first kappa shape index (κ1) is 17.4. The van der Waals surface area contributed by atoms with Crippen LogP contribution in [0.1, 0.15) is 71.6 Å². The number of fused-ring (bicyclic) bond motifs is 3. The van der Waals surface area contributed by atoms with Crippen molar-refractivity contribution >= 4 is 11.9 Å². The standard InChI is InChI=1S/C21H32O4/c1-19-8-4-9-20(2,18(23)24)15(19)7-10-21-11-13(5-6-16(19)21)14(12-21)17(22)25-3/h13-16H,4-12H2,1-3H3,(H,23,24). The van der Waals surface area contributed by atoms with Crippen molar-refractivity contribution in [2.75, 3.05) is 7.11 Å². The Morgan fingerprint density at radius 2 is 1.76 bits per heavy atom. The van der Waals surface area contributed by atoms with E-state index < -0.39 is 11.4 Å². The first-order valence-electron chi connectivity index (χ1n) is 10.1. The van der Waals surface area contributed by atoms with Crippen LogP contribution in [0.4, 0.5) is 0 Å². The summed E-state index contributed by atoms with van der Waals surface area (Å²) in [6, 6.07) is 0. The van der Waals surface area contributed by atoms with Gasteiger partial charge in [-0.05, 0) is 86.9 Å². The summed E-state index contributed by atoms with van der Waals surface area (Å²) in [6.07, 6.45) is 9.51. The SMILES string of the molecule is COC(=O)C1CC23CCC4C(C)(C(=O)O)CCCC4(C)C2CCC1C3. The minimum atomic E-state index is -0.605. The lowest BCUT2D eigenvalue weighted by Crippen LogP contribution is -2.58. The van der Waals surface area contributed by atoms with Crippen LogP contribution in [0, 0.1) is 39.9 Å². The van der Waals surface area contributed by atoms with Gasteiger partial charge in [-0.2, -0.15) is 0 Å². The molecule has 2 bridgehead atoms. The van der Waals surface area contributed by atoms with E-state index in [1.807, 2.05) is 6.92 Å². The molecule has 25 heavy (non-hydrogen) atoms. The van der Waals surface area contributed by atoms with Crippen LogP contribution in [0.15, 0.2) is 0 Å². The van der Waals surface area contributed by atoms with Gasteiger partial charge in [0.05, 0.1) is 18.4 Å². The van der Waals surface area contributed by atoms with Crippen LogP contribution < -0.4 is 0 Å². The van der Waals surface area contributed by atoms with Gasteiger partial charge >= 0.3 is 11.9 Å². The summed E-state index contributed by atoms with van der Waals surface area (Å²) in [5.41, 5.74) is -0.213. The first-order valence-corrected chi connectivity index (χ1v) is 10.1. The maximum atomic E-state index is 12.3. The van der Waals surface area contributed by atoms with Crippen molar-refractivity contribution in [3.05, 3.63) is 0 Å². The second-order valence-corrected chi connectivity index (χ2v) is 9.96. The molecule has 4 fully saturated rings. The quantitative estimate of drug-likeness (QED) is 0.757. The zero-order chi connectivity index (χ0) is 18.0. The van der Waals surface area contributed by atoms with Gasteiger partial charge in [0.2, 0.25) is 0 Å². The molecule has 4 aliphatic rings. The number of hydrogen-bond acceptors (Lipinski definition) is 3. The van der Waals surface area contributed by atoms with Crippen molar-refractivity contribution in [2.24, 2.45) is 39.9 Å². The number of ether oxygens (including phenoxy) is 1. The van der Waals surface area contributed by atoms with E-state index in [0.717, 1.165) is 51.4 Å². The van der Waals surface area contributed by atoms with Crippen LogP contribution in [0.5, 0.6) is 0 Å². The van der Waals surface area contributed by atoms with Crippen LogP contribution in [0.25, 0.3) is 0 Å². The fourth-order valence-electron chi connectivity index (χ4n) is 8.13. The Kier molecular flexibility index (Phi) is 3.80. The highest BCUT2D eigenvalue weighted by atomic mass is 16.5. The number of carboxylic acids is 1. The van der Waals surface area contributed by atoms with E-state index in [0.29, 0.717) is 11.8 Å². The molecule has 7 unspecified atom stereocenters. The molecule has 0 saturated heterocycles. The maximum absolute atomic E-state index is 12.3. The van der Waals surface area contributed by atoms with Gasteiger partial charge in [0.25, 0.3) is 0 Å². The van der Waals surface area contributed by atoms with Crippen LogP contribution in [0.3, 0.4) is 0 Å². The molecule has 1 spiro atoms. The fraction of sp³-hybridized carbons (Fsp3) is 0.905. The lowest BCUT2D eigenvalue weighted by Gasteiger charge is -2.63. The molecular formula is C21H32O4. The molecule has 4 rings (SSSR count). The van der Waals surface area contributed by atoms with Gasteiger partial charge in [-0.15, -0.1) is 0 Å². The molecule has 140 valence electrons. The third-order valence-corrected chi connectivity index (χ3v) is 9.13. The predicted molar refractivity (Wildman–Crippen MR) is 93.8 cm³/mol. The van der Waals surface area contributed by atoms with Crippen LogP contribution in [-0.4, -0.2) is 24.2 Å². The van der Waals surface area contributed by atoms with Crippen molar-refractivity contribution in [1.82, 2.24) is 0 Å². The summed E-state index contributed by atoms with van der Waals surface area (Å²) in [4.78, 5) is 24.4. The monoisotopic (exact) mass is 348 g/mol. The summed E-state index contributed by atoms with van der Waals surface area (Å²) >= 11 is 0. The number of hydrogen-bond donors (Lipinski definition) is 1. The smallest absolute Gasteiger partial charge is 0.309 e. The zero-order valence-electron chi connectivity index (χ0n) is 15.8. The molecule has 0 aromatic rings. The number of carbonyl (C=O) groups is 2. The molecular weight excluding hydrogens is 316 g/mol. The first-order chi connectivity index (χ1) is 11.8. The Morgan fingerprint density at radius 1 is 1.00 bits per heavy atom. The molecule has 0 amide bonds. The van der Waals surface area contributed by atoms with Crippen LogP contribution in [0.2, 0.25) is 0 Å². The highest BCUT2D eigenvalue weighted by Crippen LogP contribution is 2.72. The third-order valence-electron chi connectivity index (χ3n) is 9.13. The second kappa shape index (κ2) is 5.47. The largest absolute Gasteiger partial charge is 0.481 e. The number of carbonyl (C=O) groups excluding carboxylic acids is 1. The van der Waals surface area contributed by atoms with Crippen molar-refractivity contribution in [3.8, 4) is 0 Å². The molecule has 4 heteroatoms. The maximum Gasteiger partial charge on any atom is 0.309 e. The molecule has 0 aliphatic heterocycles. The molecule has 0 aromatic heterocycles. The fourth-order valence-corrected chi connectivity index (χ4v) is 8.13. The molecule has 7 atom stereocenters. The Balaban J connectivity index is 1.69. The number of rotatable bonds is 2. The summed E-state index contributed by atoms with van der Waals surface area (Å²) in [5.74, 6) is 0.780. The van der Waals surface area contributed by atoms with Gasteiger partial charge in [-0.1, -0.05) is 13.3 Å². The number of methoxy groups -OCH3 is 1. The predicted octanol–water partition coefficient (Wildman–Crippen LogP) is 4.27. The summed E-state index contributed by atoms with van der Waals surface area (Å²) in [7, 11) is 1.51. The average molecular weight is 348 g/mol. The van der Waals surface area contributed by atoms with Crippen molar-refractivity contribution in [3.63, 3.8) is 0 Å². The van der Waals surface area contributed by atoms with E-state index in [1.54, 1.807) is 0 Å². The van der Waals surface area contributed by atoms with Crippen LogP contribution in [-0.2, 0) is 14.3 Å². The topological polar surface area (TPSA) is 63.6 Å². The Morgan fingerprint density at radius 3 is 2.44 bits per heavy atom. The highest BCUT2D eigenvalue weighted by molar-refractivity contribution is 5.75. The number of esters is 1. The summed E-state index contributed by atoms with van der Waals surface area (Å²) in [6.45, 7) is 4.38. The minimum Gasteiger partial charge on any atom is -0.481 e. The van der Waals surface area contributed by atoms with Gasteiger partial charge in [-0.3, -0.25) is 9.59 Å². The van der Waals surface area contributed by atoms with E-state index in [-0.39, 0.29) is 28.6 Å². The highest BCUT2D eigenvalue weighted by Gasteiger charge is 2.66. The Hall–Kier alpha value is -1.06. The number of aliphatic carboxylic acids is 1. The van der Waals surface area contributed by atoms with E-state index in [4.69, 9.17) is 4.74 Å². The lowest BCUT2D eigenvalue weighted by molar-refractivity contribution is -0.181. The molecule has 4 saturated carbocycles.